The van der Waals surface area contributed by atoms with Crippen LogP contribution in [0.1, 0.15) is 42.5 Å². The van der Waals surface area contributed by atoms with E-state index in [0.717, 1.165) is 16.8 Å². The fourth-order valence-electron chi connectivity index (χ4n) is 2.80. The molecular formula is C16H16N4O. The topological polar surface area (TPSA) is 85.5 Å². The van der Waals surface area contributed by atoms with Crippen LogP contribution >= 0.6 is 0 Å². The van der Waals surface area contributed by atoms with Gasteiger partial charge in [0.1, 0.15) is 5.92 Å². The molecule has 1 aliphatic heterocycles. The molecule has 0 radical (unpaired) electrons. The minimum Gasteiger partial charge on any atom is -0.422 e. The molecule has 0 saturated heterocycles. The third-order valence-corrected chi connectivity index (χ3v) is 3.81. The lowest BCUT2D eigenvalue weighted by molar-refractivity contribution is 0.436. The van der Waals surface area contributed by atoms with Crippen molar-refractivity contribution in [1.82, 2.24) is 10.2 Å². The van der Waals surface area contributed by atoms with Crippen LogP contribution in [0.4, 0.5) is 0 Å². The van der Waals surface area contributed by atoms with Gasteiger partial charge >= 0.3 is 0 Å². The molecule has 0 bridgehead atoms. The zero-order valence-electron chi connectivity index (χ0n) is 11.9. The number of nitriles is 1. The van der Waals surface area contributed by atoms with Gasteiger partial charge in [0.15, 0.2) is 0 Å². The molecule has 2 N–H and O–H groups in total. The van der Waals surface area contributed by atoms with Crippen LogP contribution in [0.15, 0.2) is 30.3 Å². The quantitative estimate of drug-likeness (QED) is 0.885. The molecule has 2 atom stereocenters. The van der Waals surface area contributed by atoms with Crippen molar-refractivity contribution < 1.29 is 4.74 Å². The van der Waals surface area contributed by atoms with E-state index in [-0.39, 0.29) is 17.7 Å². The summed E-state index contributed by atoms with van der Waals surface area (Å²) in [6.07, 6.45) is 0. The zero-order chi connectivity index (χ0) is 15.0. The lowest BCUT2D eigenvalue weighted by Gasteiger charge is -2.28. The van der Waals surface area contributed by atoms with E-state index in [1.165, 1.54) is 0 Å². The average Bonchev–Trinajstić information content (AvgIpc) is 2.90. The second-order valence-electron chi connectivity index (χ2n) is 5.47. The molecule has 0 fully saturated rings. The van der Waals surface area contributed by atoms with Gasteiger partial charge in [-0.15, -0.1) is 5.10 Å². The van der Waals surface area contributed by atoms with Gasteiger partial charge in [0, 0.05) is 17.2 Å². The van der Waals surface area contributed by atoms with Crippen molar-refractivity contribution in [3.63, 3.8) is 0 Å². The number of fused-ring (bicyclic) bond motifs is 1. The van der Waals surface area contributed by atoms with E-state index in [1.54, 1.807) is 0 Å². The number of rotatable bonds is 2. The predicted molar refractivity (Wildman–Crippen MR) is 78.4 cm³/mol. The summed E-state index contributed by atoms with van der Waals surface area (Å²) >= 11 is 0. The number of benzene rings is 1. The van der Waals surface area contributed by atoms with E-state index in [2.05, 4.69) is 30.1 Å². The van der Waals surface area contributed by atoms with Crippen molar-refractivity contribution in [1.29, 1.82) is 10.7 Å². The van der Waals surface area contributed by atoms with Crippen LogP contribution in [0.2, 0.25) is 0 Å². The first-order chi connectivity index (χ1) is 10.1. The average molecular weight is 280 g/mol. The van der Waals surface area contributed by atoms with Crippen LogP contribution < -0.4 is 4.74 Å². The molecule has 106 valence electrons. The minimum atomic E-state index is -0.630. The minimum absolute atomic E-state index is 0.0411. The van der Waals surface area contributed by atoms with Gasteiger partial charge in [-0.2, -0.15) is 5.26 Å². The zero-order valence-corrected chi connectivity index (χ0v) is 11.9. The maximum atomic E-state index is 9.48. The molecule has 0 saturated carbocycles. The lowest BCUT2D eigenvalue weighted by atomic mass is 9.78. The Bertz CT molecular complexity index is 712. The number of hydrogen-bond donors (Lipinski definition) is 2. The van der Waals surface area contributed by atoms with E-state index in [4.69, 9.17) is 10.1 Å². The standard InChI is InChI=1S/C16H16N4O/c1-9(2)14-13-12(10-6-4-3-5-7-10)11(8-17)15(18)21-16(13)20-19-14/h3-7,9,11-12,18H,1-2H3,(H,19,20). The Balaban J connectivity index is 2.22. The van der Waals surface area contributed by atoms with Crippen LogP contribution in [0, 0.1) is 22.7 Å². The Kier molecular flexibility index (Phi) is 3.22. The third-order valence-electron chi connectivity index (χ3n) is 3.81. The van der Waals surface area contributed by atoms with Gasteiger partial charge < -0.3 is 4.74 Å². The summed E-state index contributed by atoms with van der Waals surface area (Å²) in [5.74, 6) is -0.231. The summed E-state index contributed by atoms with van der Waals surface area (Å²) in [5.41, 5.74) is 2.87. The highest BCUT2D eigenvalue weighted by molar-refractivity contribution is 5.84. The van der Waals surface area contributed by atoms with Crippen molar-refractivity contribution in [2.45, 2.75) is 25.7 Å². The molecule has 21 heavy (non-hydrogen) atoms. The van der Waals surface area contributed by atoms with Gasteiger partial charge in [0.2, 0.25) is 11.8 Å². The molecule has 5 heteroatoms. The summed E-state index contributed by atoms with van der Waals surface area (Å²) < 4.78 is 5.44. The number of nitrogens with one attached hydrogen (secondary N) is 2. The fraction of sp³-hybridized carbons (Fsp3) is 0.312. The van der Waals surface area contributed by atoms with Crippen LogP contribution in [0.5, 0.6) is 5.88 Å². The molecule has 2 heterocycles. The fourth-order valence-corrected chi connectivity index (χ4v) is 2.80. The van der Waals surface area contributed by atoms with Gasteiger partial charge in [0.25, 0.3) is 0 Å². The number of hydrogen-bond acceptors (Lipinski definition) is 4. The normalized spacial score (nSPS) is 20.8. The van der Waals surface area contributed by atoms with E-state index >= 15 is 0 Å². The Labute approximate surface area is 123 Å². The smallest absolute Gasteiger partial charge is 0.243 e. The highest BCUT2D eigenvalue weighted by Gasteiger charge is 2.40. The highest BCUT2D eigenvalue weighted by atomic mass is 16.5. The summed E-state index contributed by atoms with van der Waals surface area (Å²) in [6.45, 7) is 4.13. The summed E-state index contributed by atoms with van der Waals surface area (Å²) in [6, 6.07) is 12.0. The molecule has 0 amide bonds. The molecule has 0 aliphatic carbocycles. The Morgan fingerprint density at radius 2 is 2.05 bits per heavy atom. The van der Waals surface area contributed by atoms with Crippen molar-refractivity contribution in [2.75, 3.05) is 0 Å². The van der Waals surface area contributed by atoms with Gasteiger partial charge in [-0.25, -0.2) is 0 Å². The molecule has 1 aromatic heterocycles. The van der Waals surface area contributed by atoms with Gasteiger partial charge in [0.05, 0.1) is 6.07 Å². The summed E-state index contributed by atoms with van der Waals surface area (Å²) in [7, 11) is 0. The molecular weight excluding hydrogens is 264 g/mol. The maximum Gasteiger partial charge on any atom is 0.243 e. The number of aromatic amines is 1. The van der Waals surface area contributed by atoms with Crippen molar-refractivity contribution in [3.05, 3.63) is 47.2 Å². The highest BCUT2D eigenvalue weighted by Crippen LogP contribution is 2.44. The molecule has 0 spiro atoms. The van der Waals surface area contributed by atoms with Crippen LogP contribution in [-0.2, 0) is 0 Å². The molecule has 5 nitrogen and oxygen atoms in total. The largest absolute Gasteiger partial charge is 0.422 e. The van der Waals surface area contributed by atoms with Crippen molar-refractivity contribution in [2.24, 2.45) is 5.92 Å². The first-order valence-corrected chi connectivity index (χ1v) is 6.92. The Hall–Kier alpha value is -2.61. The monoisotopic (exact) mass is 280 g/mol. The second kappa shape index (κ2) is 5.06. The molecule has 1 aromatic carbocycles. The lowest BCUT2D eigenvalue weighted by Crippen LogP contribution is -2.31. The van der Waals surface area contributed by atoms with E-state index in [0.29, 0.717) is 5.88 Å². The third kappa shape index (κ3) is 2.09. The Morgan fingerprint density at radius 1 is 1.33 bits per heavy atom. The number of aromatic nitrogens is 2. The summed E-state index contributed by atoms with van der Waals surface area (Å²) in [4.78, 5) is 0. The second-order valence-corrected chi connectivity index (χ2v) is 5.47. The molecule has 1 aliphatic rings. The Morgan fingerprint density at radius 3 is 2.67 bits per heavy atom. The number of H-pyrrole nitrogens is 1. The first kappa shape index (κ1) is 13.4. The van der Waals surface area contributed by atoms with Gasteiger partial charge in [-0.05, 0) is 11.5 Å². The van der Waals surface area contributed by atoms with Gasteiger partial charge in [-0.1, -0.05) is 44.2 Å². The molecule has 2 aromatic rings. The van der Waals surface area contributed by atoms with Crippen molar-refractivity contribution >= 4 is 5.90 Å². The SMILES string of the molecule is CC(C)c1[nH]nc2c1C(c1ccccc1)C(C#N)C(=N)O2. The predicted octanol–water partition coefficient (Wildman–Crippen LogP) is 3.17. The van der Waals surface area contributed by atoms with Crippen molar-refractivity contribution in [3.8, 4) is 11.9 Å². The van der Waals surface area contributed by atoms with Gasteiger partial charge in [-0.3, -0.25) is 10.5 Å². The molecule has 2 unspecified atom stereocenters. The maximum absolute atomic E-state index is 9.48. The molecule has 3 rings (SSSR count). The summed E-state index contributed by atoms with van der Waals surface area (Å²) in [5, 5.41) is 24.6. The first-order valence-electron chi connectivity index (χ1n) is 6.92. The van der Waals surface area contributed by atoms with Crippen LogP contribution in [0.25, 0.3) is 0 Å². The van der Waals surface area contributed by atoms with E-state index < -0.39 is 5.92 Å². The van der Waals surface area contributed by atoms with Crippen LogP contribution in [0.3, 0.4) is 0 Å². The van der Waals surface area contributed by atoms with Crippen LogP contribution in [-0.4, -0.2) is 16.1 Å². The van der Waals surface area contributed by atoms with E-state index in [9.17, 15) is 5.26 Å². The number of nitrogens with zero attached hydrogens (tertiary/aromatic N) is 2. The number of ether oxygens (including phenoxy) is 1. The van der Waals surface area contributed by atoms with E-state index in [1.807, 2.05) is 30.3 Å².